The number of nitrogens with zero attached hydrogens (tertiary/aromatic N) is 1. The molecule has 0 aliphatic rings. The van der Waals surface area contributed by atoms with Crippen molar-refractivity contribution in [1.82, 2.24) is 4.98 Å². The fourth-order valence-corrected chi connectivity index (χ4v) is 1.30. The van der Waals surface area contributed by atoms with E-state index in [-0.39, 0.29) is 0 Å². The molecule has 0 aromatic carbocycles. The van der Waals surface area contributed by atoms with Gasteiger partial charge in [0.15, 0.2) is 0 Å². The summed E-state index contributed by atoms with van der Waals surface area (Å²) >= 11 is 4.84. The highest BCUT2D eigenvalue weighted by atomic mass is 32.1. The summed E-state index contributed by atoms with van der Waals surface area (Å²) in [6.45, 7) is 4.37. The summed E-state index contributed by atoms with van der Waals surface area (Å²) in [4.78, 5) is 4.57. The van der Waals surface area contributed by atoms with Crippen molar-refractivity contribution in [2.24, 2.45) is 5.73 Å². The van der Waals surface area contributed by atoms with Crippen molar-refractivity contribution in [1.29, 1.82) is 0 Å². The van der Waals surface area contributed by atoms with E-state index in [2.05, 4.69) is 10.3 Å². The monoisotopic (exact) mass is 239 g/mol. The third-order valence-corrected chi connectivity index (χ3v) is 2.26. The first kappa shape index (κ1) is 12.9. The Hall–Kier alpha value is -1.20. The van der Waals surface area contributed by atoms with Crippen LogP contribution in [-0.4, -0.2) is 29.7 Å². The summed E-state index contributed by atoms with van der Waals surface area (Å²) in [5, 5.41) is 3.19. The lowest BCUT2D eigenvalue weighted by Crippen LogP contribution is -2.11. The topological polar surface area (TPSA) is 60.2 Å². The number of nitrogens with one attached hydrogen (secondary N) is 1. The summed E-state index contributed by atoms with van der Waals surface area (Å²) in [5.41, 5.74) is 6.26. The Labute approximate surface area is 101 Å². The van der Waals surface area contributed by atoms with Gasteiger partial charge < -0.3 is 15.8 Å². The van der Waals surface area contributed by atoms with E-state index in [1.807, 2.05) is 19.1 Å². The summed E-state index contributed by atoms with van der Waals surface area (Å²) in [5.74, 6) is 0.830. The first-order valence-corrected chi connectivity index (χ1v) is 5.72. The number of rotatable bonds is 7. The summed E-state index contributed by atoms with van der Waals surface area (Å²) in [6.07, 6.45) is 2.64. The summed E-state index contributed by atoms with van der Waals surface area (Å²) < 4.78 is 5.23. The third-order valence-electron chi connectivity index (χ3n) is 2.02. The van der Waals surface area contributed by atoms with Gasteiger partial charge >= 0.3 is 0 Å². The van der Waals surface area contributed by atoms with Crippen LogP contribution in [0.2, 0.25) is 0 Å². The molecule has 0 aliphatic heterocycles. The van der Waals surface area contributed by atoms with Gasteiger partial charge in [0.25, 0.3) is 0 Å². The maximum absolute atomic E-state index is 5.47. The number of aromatic nitrogens is 1. The number of anilines is 1. The van der Waals surface area contributed by atoms with E-state index in [0.717, 1.165) is 37.6 Å². The first-order valence-electron chi connectivity index (χ1n) is 5.31. The Morgan fingerprint density at radius 3 is 2.94 bits per heavy atom. The number of hydrogen-bond acceptors (Lipinski definition) is 4. The molecular formula is C11H17N3OS. The molecule has 4 nitrogen and oxygen atoms in total. The number of pyridine rings is 1. The molecule has 0 amide bonds. The van der Waals surface area contributed by atoms with Crippen molar-refractivity contribution in [2.75, 3.05) is 25.1 Å². The highest BCUT2D eigenvalue weighted by Gasteiger charge is 1.97. The second-order valence-electron chi connectivity index (χ2n) is 3.27. The quantitative estimate of drug-likeness (QED) is 0.558. The minimum Gasteiger partial charge on any atom is -0.389 e. The van der Waals surface area contributed by atoms with Crippen LogP contribution in [0.15, 0.2) is 18.3 Å². The van der Waals surface area contributed by atoms with Crippen LogP contribution in [0.25, 0.3) is 0 Å². The molecule has 0 unspecified atom stereocenters. The predicted molar refractivity (Wildman–Crippen MR) is 69.7 cm³/mol. The predicted octanol–water partition coefficient (Wildman–Crippen LogP) is 1.55. The average molecular weight is 239 g/mol. The molecule has 88 valence electrons. The summed E-state index contributed by atoms with van der Waals surface area (Å²) in [7, 11) is 0. The van der Waals surface area contributed by atoms with Crippen molar-refractivity contribution in [3.05, 3.63) is 23.9 Å². The zero-order chi connectivity index (χ0) is 11.8. The molecule has 16 heavy (non-hydrogen) atoms. The van der Waals surface area contributed by atoms with E-state index in [9.17, 15) is 0 Å². The lowest BCUT2D eigenvalue weighted by atomic mass is 10.3. The Bertz CT molecular complexity index is 327. The van der Waals surface area contributed by atoms with Gasteiger partial charge in [-0.2, -0.15) is 0 Å². The maximum atomic E-state index is 5.47. The molecule has 1 aromatic rings. The molecule has 1 aromatic heterocycles. The van der Waals surface area contributed by atoms with Gasteiger partial charge in [0.05, 0.1) is 0 Å². The molecule has 3 N–H and O–H groups in total. The van der Waals surface area contributed by atoms with Crippen LogP contribution in [0.1, 0.15) is 18.9 Å². The standard InChI is InChI=1S/C11H17N3OS/c1-2-15-7-3-6-13-10-5-4-9(8-14-10)11(12)16/h4-5,8H,2-3,6-7H2,1H3,(H2,12,16)(H,13,14). The van der Waals surface area contributed by atoms with Crippen LogP contribution in [0.3, 0.4) is 0 Å². The van der Waals surface area contributed by atoms with Gasteiger partial charge in [0.2, 0.25) is 0 Å². The van der Waals surface area contributed by atoms with E-state index >= 15 is 0 Å². The highest BCUT2D eigenvalue weighted by Crippen LogP contribution is 2.04. The molecule has 1 heterocycles. The SMILES string of the molecule is CCOCCCNc1ccc(C(N)=S)cn1. The largest absolute Gasteiger partial charge is 0.389 e. The van der Waals surface area contributed by atoms with E-state index in [1.165, 1.54) is 0 Å². The fourth-order valence-electron chi connectivity index (χ4n) is 1.18. The van der Waals surface area contributed by atoms with Gasteiger partial charge in [-0.25, -0.2) is 4.98 Å². The molecule has 0 aliphatic carbocycles. The molecule has 0 bridgehead atoms. The molecule has 5 heteroatoms. The van der Waals surface area contributed by atoms with Gasteiger partial charge in [0.1, 0.15) is 10.8 Å². The second-order valence-corrected chi connectivity index (χ2v) is 3.71. The molecule has 0 fully saturated rings. The minimum atomic E-state index is 0.371. The van der Waals surface area contributed by atoms with Crippen molar-refractivity contribution >= 4 is 23.0 Å². The minimum absolute atomic E-state index is 0.371. The fraction of sp³-hybridized carbons (Fsp3) is 0.455. The molecule has 0 spiro atoms. The van der Waals surface area contributed by atoms with Gasteiger partial charge in [-0.1, -0.05) is 12.2 Å². The molecule has 1 rings (SSSR count). The molecule has 0 saturated heterocycles. The zero-order valence-corrected chi connectivity index (χ0v) is 10.2. The lowest BCUT2D eigenvalue weighted by Gasteiger charge is -2.06. The molecular weight excluding hydrogens is 222 g/mol. The Morgan fingerprint density at radius 1 is 1.56 bits per heavy atom. The van der Waals surface area contributed by atoms with Crippen LogP contribution >= 0.6 is 12.2 Å². The van der Waals surface area contributed by atoms with Crippen LogP contribution in [0.4, 0.5) is 5.82 Å². The van der Waals surface area contributed by atoms with E-state index < -0.39 is 0 Å². The van der Waals surface area contributed by atoms with Crippen molar-refractivity contribution < 1.29 is 4.74 Å². The lowest BCUT2D eigenvalue weighted by molar-refractivity contribution is 0.147. The number of nitrogens with two attached hydrogens (primary N) is 1. The number of thiocarbonyl (C=S) groups is 1. The number of ether oxygens (including phenoxy) is 1. The first-order chi connectivity index (χ1) is 7.74. The normalized spacial score (nSPS) is 10.1. The average Bonchev–Trinajstić information content (AvgIpc) is 2.29. The van der Waals surface area contributed by atoms with Gasteiger partial charge in [-0.3, -0.25) is 0 Å². The highest BCUT2D eigenvalue weighted by molar-refractivity contribution is 7.80. The van der Waals surface area contributed by atoms with Gasteiger partial charge in [0, 0.05) is 31.5 Å². The van der Waals surface area contributed by atoms with Gasteiger partial charge in [-0.15, -0.1) is 0 Å². The maximum Gasteiger partial charge on any atom is 0.125 e. The Balaban J connectivity index is 2.29. The summed E-state index contributed by atoms with van der Waals surface area (Å²) in [6, 6.07) is 3.73. The van der Waals surface area contributed by atoms with Crippen molar-refractivity contribution in [3.63, 3.8) is 0 Å². The van der Waals surface area contributed by atoms with Crippen LogP contribution < -0.4 is 11.1 Å². The van der Waals surface area contributed by atoms with Crippen LogP contribution in [0, 0.1) is 0 Å². The Kier molecular flexibility index (Phi) is 5.74. The second kappa shape index (κ2) is 7.14. The smallest absolute Gasteiger partial charge is 0.125 e. The van der Waals surface area contributed by atoms with E-state index in [1.54, 1.807) is 6.20 Å². The van der Waals surface area contributed by atoms with Crippen LogP contribution in [-0.2, 0) is 4.74 Å². The van der Waals surface area contributed by atoms with Gasteiger partial charge in [-0.05, 0) is 25.5 Å². The number of hydrogen-bond donors (Lipinski definition) is 2. The molecule has 0 atom stereocenters. The van der Waals surface area contributed by atoms with Crippen molar-refractivity contribution in [2.45, 2.75) is 13.3 Å². The molecule has 0 radical (unpaired) electrons. The van der Waals surface area contributed by atoms with Crippen molar-refractivity contribution in [3.8, 4) is 0 Å². The Morgan fingerprint density at radius 2 is 2.38 bits per heavy atom. The third kappa shape index (κ3) is 4.55. The van der Waals surface area contributed by atoms with E-state index in [0.29, 0.717) is 4.99 Å². The molecule has 0 saturated carbocycles. The van der Waals surface area contributed by atoms with Crippen LogP contribution in [0.5, 0.6) is 0 Å². The van der Waals surface area contributed by atoms with E-state index in [4.69, 9.17) is 22.7 Å². The zero-order valence-electron chi connectivity index (χ0n) is 9.40.